The first-order valence-corrected chi connectivity index (χ1v) is 5.17. The molecule has 0 aliphatic heterocycles. The molecular formula is C9H12O3S. The molecule has 0 heterocycles. The lowest BCUT2D eigenvalue weighted by molar-refractivity contribution is 0.394. The van der Waals surface area contributed by atoms with Gasteiger partial charge in [-0.05, 0) is 12.1 Å². The van der Waals surface area contributed by atoms with Crippen LogP contribution >= 0.6 is 0 Å². The summed E-state index contributed by atoms with van der Waals surface area (Å²) in [5.41, 5.74) is 0. The highest BCUT2D eigenvalue weighted by Crippen LogP contribution is 2.31. The van der Waals surface area contributed by atoms with Crippen molar-refractivity contribution < 1.29 is 14.4 Å². The van der Waals surface area contributed by atoms with E-state index in [1.807, 2.05) is 0 Å². The Morgan fingerprint density at radius 1 is 1.31 bits per heavy atom. The van der Waals surface area contributed by atoms with Gasteiger partial charge < -0.3 is 10.2 Å². The highest BCUT2D eigenvalue weighted by Gasteiger charge is 2.14. The molecule has 1 aromatic rings. The Kier molecular flexibility index (Phi) is 2.93. The van der Waals surface area contributed by atoms with Crippen molar-refractivity contribution in [3.8, 4) is 11.5 Å². The smallest absolute Gasteiger partial charge is 0.173 e. The summed E-state index contributed by atoms with van der Waals surface area (Å²) in [5.74, 6) is -0.513. The molecule has 0 spiro atoms. The molecule has 3 nitrogen and oxygen atoms in total. The third kappa shape index (κ3) is 2.01. The Morgan fingerprint density at radius 3 is 2.46 bits per heavy atom. The number of benzene rings is 1. The monoisotopic (exact) mass is 200 g/mol. The van der Waals surface area contributed by atoms with Crippen LogP contribution in [-0.2, 0) is 10.8 Å². The normalized spacial score (nSPS) is 13.2. The van der Waals surface area contributed by atoms with E-state index in [1.54, 1.807) is 26.0 Å². The van der Waals surface area contributed by atoms with Crippen LogP contribution in [0, 0.1) is 0 Å². The molecule has 72 valence electrons. The van der Waals surface area contributed by atoms with E-state index >= 15 is 0 Å². The van der Waals surface area contributed by atoms with Gasteiger partial charge in [-0.15, -0.1) is 0 Å². The Balaban J connectivity index is 3.15. The molecule has 0 radical (unpaired) electrons. The summed E-state index contributed by atoms with van der Waals surface area (Å²) >= 11 is 0. The van der Waals surface area contributed by atoms with E-state index < -0.39 is 10.8 Å². The Labute approximate surface area is 79.5 Å². The second-order valence-corrected chi connectivity index (χ2v) is 4.95. The second-order valence-electron chi connectivity index (χ2n) is 2.97. The molecular weight excluding hydrogens is 188 g/mol. The van der Waals surface area contributed by atoms with E-state index in [1.165, 1.54) is 6.07 Å². The summed E-state index contributed by atoms with van der Waals surface area (Å²) in [6, 6.07) is 4.46. The first kappa shape index (κ1) is 10.1. The van der Waals surface area contributed by atoms with Crippen LogP contribution in [-0.4, -0.2) is 19.7 Å². The number of phenolic OH excluding ortho intramolecular Hbond substituents is 2. The summed E-state index contributed by atoms with van der Waals surface area (Å²) in [5, 5.41) is 18.4. The van der Waals surface area contributed by atoms with Crippen LogP contribution in [0.25, 0.3) is 0 Å². The molecule has 1 unspecified atom stereocenters. The van der Waals surface area contributed by atoms with Crippen molar-refractivity contribution >= 4 is 10.8 Å². The quantitative estimate of drug-likeness (QED) is 0.713. The fourth-order valence-electron chi connectivity index (χ4n) is 0.927. The zero-order chi connectivity index (χ0) is 10.0. The highest BCUT2D eigenvalue weighted by atomic mass is 32.2. The molecule has 2 N–H and O–H groups in total. The standard InChI is InChI=1S/C9H12O3S/c1-6(2)13(12)8-5-3-4-7(10)9(8)11/h3-6,10-11H,1-2H3. The van der Waals surface area contributed by atoms with Crippen LogP contribution in [0.15, 0.2) is 23.1 Å². The van der Waals surface area contributed by atoms with Gasteiger partial charge in [0.1, 0.15) is 0 Å². The molecule has 1 atom stereocenters. The van der Waals surface area contributed by atoms with Gasteiger partial charge in [0.25, 0.3) is 0 Å². The fourth-order valence-corrected chi connectivity index (χ4v) is 1.94. The lowest BCUT2D eigenvalue weighted by atomic mass is 10.3. The summed E-state index contributed by atoms with van der Waals surface area (Å²) in [6.45, 7) is 3.58. The average molecular weight is 200 g/mol. The topological polar surface area (TPSA) is 57.5 Å². The molecule has 0 aromatic heterocycles. The SMILES string of the molecule is CC(C)S(=O)c1cccc(O)c1O. The first-order chi connectivity index (χ1) is 6.04. The molecule has 4 heteroatoms. The number of hydrogen-bond acceptors (Lipinski definition) is 3. The van der Waals surface area contributed by atoms with Gasteiger partial charge in [0.15, 0.2) is 11.5 Å². The minimum Gasteiger partial charge on any atom is -0.504 e. The maximum absolute atomic E-state index is 11.6. The molecule has 1 aromatic carbocycles. The second kappa shape index (κ2) is 3.79. The maximum Gasteiger partial charge on any atom is 0.173 e. The van der Waals surface area contributed by atoms with Gasteiger partial charge in [-0.2, -0.15) is 0 Å². The number of rotatable bonds is 2. The minimum absolute atomic E-state index is 0.0762. The van der Waals surface area contributed by atoms with Gasteiger partial charge in [0, 0.05) is 5.25 Å². The van der Waals surface area contributed by atoms with Crippen LogP contribution in [0.4, 0.5) is 0 Å². The van der Waals surface area contributed by atoms with Crippen LogP contribution in [0.1, 0.15) is 13.8 Å². The summed E-state index contributed by atoms with van der Waals surface area (Å²) < 4.78 is 11.6. The highest BCUT2D eigenvalue weighted by molar-refractivity contribution is 7.85. The van der Waals surface area contributed by atoms with Gasteiger partial charge in [0.05, 0.1) is 15.7 Å². The van der Waals surface area contributed by atoms with Crippen LogP contribution in [0.3, 0.4) is 0 Å². The van der Waals surface area contributed by atoms with Crippen molar-refractivity contribution in [2.75, 3.05) is 0 Å². The van der Waals surface area contributed by atoms with Gasteiger partial charge >= 0.3 is 0 Å². The van der Waals surface area contributed by atoms with Gasteiger partial charge in [-0.25, -0.2) is 0 Å². The molecule has 0 aliphatic rings. The van der Waals surface area contributed by atoms with Gasteiger partial charge in [-0.1, -0.05) is 19.9 Å². The fraction of sp³-hybridized carbons (Fsp3) is 0.333. The number of aromatic hydroxyl groups is 2. The van der Waals surface area contributed by atoms with Gasteiger partial charge in [0.2, 0.25) is 0 Å². The zero-order valence-electron chi connectivity index (χ0n) is 7.52. The molecule has 0 fully saturated rings. The van der Waals surface area contributed by atoms with Crippen molar-refractivity contribution in [1.82, 2.24) is 0 Å². The third-order valence-corrected chi connectivity index (χ3v) is 3.24. The van der Waals surface area contributed by atoms with E-state index in [0.29, 0.717) is 0 Å². The van der Waals surface area contributed by atoms with E-state index in [0.717, 1.165) is 0 Å². The maximum atomic E-state index is 11.6. The number of hydrogen-bond donors (Lipinski definition) is 2. The van der Waals surface area contributed by atoms with E-state index in [9.17, 15) is 9.32 Å². The van der Waals surface area contributed by atoms with Crippen LogP contribution in [0.5, 0.6) is 11.5 Å². The van der Waals surface area contributed by atoms with Crippen molar-refractivity contribution in [1.29, 1.82) is 0 Å². The van der Waals surface area contributed by atoms with Crippen molar-refractivity contribution in [2.45, 2.75) is 24.0 Å². The van der Waals surface area contributed by atoms with E-state index in [2.05, 4.69) is 0 Å². The summed E-state index contributed by atoms with van der Waals surface area (Å²) in [4.78, 5) is 0.287. The molecule has 0 amide bonds. The predicted molar refractivity (Wildman–Crippen MR) is 51.3 cm³/mol. The van der Waals surface area contributed by atoms with Crippen molar-refractivity contribution in [3.63, 3.8) is 0 Å². The molecule has 1 rings (SSSR count). The Morgan fingerprint density at radius 2 is 1.92 bits per heavy atom. The Hall–Kier alpha value is -1.03. The average Bonchev–Trinajstić information content (AvgIpc) is 2.08. The first-order valence-electron chi connectivity index (χ1n) is 3.95. The van der Waals surface area contributed by atoms with Crippen molar-refractivity contribution in [3.05, 3.63) is 18.2 Å². The Bertz CT molecular complexity index is 334. The van der Waals surface area contributed by atoms with Crippen molar-refractivity contribution in [2.24, 2.45) is 0 Å². The lowest BCUT2D eigenvalue weighted by Gasteiger charge is -2.07. The molecule has 13 heavy (non-hydrogen) atoms. The molecule has 0 bridgehead atoms. The largest absolute Gasteiger partial charge is 0.504 e. The lowest BCUT2D eigenvalue weighted by Crippen LogP contribution is -2.05. The van der Waals surface area contributed by atoms with Crippen LogP contribution in [0.2, 0.25) is 0 Å². The number of phenols is 2. The zero-order valence-corrected chi connectivity index (χ0v) is 8.34. The predicted octanol–water partition coefficient (Wildman–Crippen LogP) is 1.61. The van der Waals surface area contributed by atoms with Crippen LogP contribution < -0.4 is 0 Å². The molecule has 0 saturated carbocycles. The molecule has 0 aliphatic carbocycles. The van der Waals surface area contributed by atoms with Gasteiger partial charge in [-0.3, -0.25) is 4.21 Å². The summed E-state index contributed by atoms with van der Waals surface area (Å²) in [7, 11) is -1.27. The summed E-state index contributed by atoms with van der Waals surface area (Å²) in [6.07, 6.45) is 0. The molecule has 0 saturated heterocycles. The minimum atomic E-state index is -1.27. The number of para-hydroxylation sites is 1. The van der Waals surface area contributed by atoms with E-state index in [4.69, 9.17) is 5.11 Å². The van der Waals surface area contributed by atoms with E-state index in [-0.39, 0.29) is 21.6 Å². The third-order valence-electron chi connectivity index (χ3n) is 1.62.